The van der Waals surface area contributed by atoms with Crippen LogP contribution in [0, 0.1) is 9.39 Å². The molecule has 0 saturated heterocycles. The number of allylic oxidation sites excluding steroid dienone is 1. The molecule has 0 aliphatic carbocycles. The van der Waals surface area contributed by atoms with Crippen LogP contribution in [0.2, 0.25) is 0 Å². The molecular formula is C30H27BrFIN4O5S. The van der Waals surface area contributed by atoms with Crippen molar-refractivity contribution in [1.82, 2.24) is 16.1 Å². The van der Waals surface area contributed by atoms with Crippen LogP contribution in [0.25, 0.3) is 0 Å². The van der Waals surface area contributed by atoms with Gasteiger partial charge in [-0.25, -0.2) is 14.6 Å². The Kier molecular flexibility index (Phi) is 11.5. The summed E-state index contributed by atoms with van der Waals surface area (Å²) in [6.45, 7) is 3.35. The first-order chi connectivity index (χ1) is 20.7. The fourth-order valence-corrected chi connectivity index (χ4v) is 6.18. The third-order valence-electron chi connectivity index (χ3n) is 6.11. The Bertz CT molecular complexity index is 1600. The van der Waals surface area contributed by atoms with Crippen LogP contribution < -0.4 is 25.5 Å². The van der Waals surface area contributed by atoms with Crippen molar-refractivity contribution in [3.05, 3.63) is 102 Å². The normalized spacial score (nSPS) is 14.6. The molecule has 0 saturated carbocycles. The summed E-state index contributed by atoms with van der Waals surface area (Å²) in [5, 5.41) is 10.5. The summed E-state index contributed by atoms with van der Waals surface area (Å²) < 4.78 is 32.7. The van der Waals surface area contributed by atoms with E-state index in [0.29, 0.717) is 44.6 Å². The van der Waals surface area contributed by atoms with E-state index in [4.69, 9.17) is 26.4 Å². The summed E-state index contributed by atoms with van der Waals surface area (Å²) >= 11 is 10.9. The van der Waals surface area contributed by atoms with Crippen LogP contribution in [0.4, 0.5) is 4.39 Å². The van der Waals surface area contributed by atoms with E-state index in [2.05, 4.69) is 59.7 Å². The molecule has 1 atom stereocenters. The molecule has 0 fully saturated rings. The van der Waals surface area contributed by atoms with Crippen molar-refractivity contribution in [1.29, 1.82) is 0 Å². The lowest BCUT2D eigenvalue weighted by Gasteiger charge is -2.30. The maximum Gasteiger partial charge on any atom is 0.338 e. The predicted molar refractivity (Wildman–Crippen MR) is 176 cm³/mol. The lowest BCUT2D eigenvalue weighted by atomic mass is 9.95. The van der Waals surface area contributed by atoms with Crippen molar-refractivity contribution in [2.24, 2.45) is 5.10 Å². The standard InChI is InChI=1S/C30H27BrFIN4O5S/c1-3-40-29(39)26-17(2)35-30(43)36-27(26)21-9-5-7-11-24(21)41-16-25(38)37-34-14-19-12-20(31)13-23(33)28(19)42-15-18-8-4-6-10-22(18)32/h4-14,27H,3,15-16H2,1-2H3,(H,37,38)(H2,35,36,43)/t27-/m1/s1. The number of nitrogens with zero attached hydrogens (tertiary/aromatic N) is 1. The van der Waals surface area contributed by atoms with Gasteiger partial charge >= 0.3 is 5.97 Å². The van der Waals surface area contributed by atoms with E-state index in [1.165, 1.54) is 12.3 Å². The molecule has 0 radical (unpaired) electrons. The van der Waals surface area contributed by atoms with E-state index in [9.17, 15) is 14.0 Å². The van der Waals surface area contributed by atoms with Crippen LogP contribution in [0.5, 0.6) is 11.5 Å². The summed E-state index contributed by atoms with van der Waals surface area (Å²) in [6, 6.07) is 16.4. The molecule has 1 aliphatic heterocycles. The molecule has 3 aromatic rings. The van der Waals surface area contributed by atoms with Gasteiger partial charge in [0.05, 0.1) is 28.0 Å². The van der Waals surface area contributed by atoms with Crippen molar-refractivity contribution in [2.75, 3.05) is 13.2 Å². The minimum Gasteiger partial charge on any atom is -0.487 e. The SMILES string of the molecule is CCOC(=O)C1=C(C)NC(=S)N[C@@H]1c1ccccc1OCC(=O)NN=Cc1cc(Br)cc(I)c1OCc1ccccc1F. The first-order valence-electron chi connectivity index (χ1n) is 13.0. The van der Waals surface area contributed by atoms with Gasteiger partial charge in [-0.3, -0.25) is 4.79 Å². The van der Waals surface area contributed by atoms with Crippen LogP contribution in [0.15, 0.2) is 81.5 Å². The van der Waals surface area contributed by atoms with Crippen LogP contribution in [-0.2, 0) is 20.9 Å². The molecule has 3 aromatic carbocycles. The van der Waals surface area contributed by atoms with E-state index >= 15 is 0 Å². The lowest BCUT2D eigenvalue weighted by molar-refractivity contribution is -0.139. The topological polar surface area (TPSA) is 110 Å². The third kappa shape index (κ3) is 8.51. The van der Waals surface area contributed by atoms with Crippen LogP contribution in [0.1, 0.15) is 36.6 Å². The van der Waals surface area contributed by atoms with Crippen molar-refractivity contribution in [3.63, 3.8) is 0 Å². The number of hydrogen-bond donors (Lipinski definition) is 3. The average Bonchev–Trinajstić information content (AvgIpc) is 2.96. The monoisotopic (exact) mass is 780 g/mol. The smallest absolute Gasteiger partial charge is 0.338 e. The molecule has 9 nitrogen and oxygen atoms in total. The van der Waals surface area contributed by atoms with E-state index in [1.807, 2.05) is 6.07 Å². The number of carbonyl (C=O) groups is 2. The van der Waals surface area contributed by atoms with Gasteiger partial charge in [0.15, 0.2) is 11.7 Å². The van der Waals surface area contributed by atoms with Gasteiger partial charge in [0.25, 0.3) is 5.91 Å². The third-order valence-corrected chi connectivity index (χ3v) is 7.59. The molecule has 1 amide bonds. The first kappa shape index (κ1) is 32.4. The molecule has 1 heterocycles. The molecule has 0 spiro atoms. The molecule has 13 heteroatoms. The summed E-state index contributed by atoms with van der Waals surface area (Å²) in [6.07, 6.45) is 1.44. The number of ether oxygens (including phenoxy) is 3. The number of amides is 1. The summed E-state index contributed by atoms with van der Waals surface area (Å²) in [5.41, 5.74) is 4.96. The zero-order chi connectivity index (χ0) is 30.9. The maximum absolute atomic E-state index is 14.1. The summed E-state index contributed by atoms with van der Waals surface area (Å²) in [5.74, 6) is -0.502. The number of nitrogens with one attached hydrogen (secondary N) is 3. The van der Waals surface area contributed by atoms with Crippen molar-refractivity contribution in [3.8, 4) is 11.5 Å². The number of rotatable bonds is 11. The highest BCUT2D eigenvalue weighted by atomic mass is 127. The largest absolute Gasteiger partial charge is 0.487 e. The van der Waals surface area contributed by atoms with Crippen molar-refractivity contribution >= 4 is 73.9 Å². The number of thiocarbonyl (C=S) groups is 1. The Morgan fingerprint density at radius 3 is 2.67 bits per heavy atom. The molecule has 0 aromatic heterocycles. The molecule has 4 rings (SSSR count). The molecule has 0 bridgehead atoms. The molecule has 224 valence electrons. The highest BCUT2D eigenvalue weighted by Gasteiger charge is 2.32. The van der Waals surface area contributed by atoms with Gasteiger partial charge in [-0.05, 0) is 72.9 Å². The Hall–Kier alpha value is -3.56. The second kappa shape index (κ2) is 15.3. The summed E-state index contributed by atoms with van der Waals surface area (Å²) in [4.78, 5) is 25.4. The van der Waals surface area contributed by atoms with Gasteiger partial charge in [0.1, 0.15) is 23.9 Å². The van der Waals surface area contributed by atoms with E-state index < -0.39 is 17.9 Å². The number of esters is 1. The van der Waals surface area contributed by atoms with Gasteiger partial charge in [-0.1, -0.05) is 52.3 Å². The van der Waals surface area contributed by atoms with Crippen LogP contribution in [-0.4, -0.2) is 36.4 Å². The minimum atomic E-state index is -0.646. The van der Waals surface area contributed by atoms with Gasteiger partial charge in [0, 0.05) is 26.9 Å². The second-order valence-electron chi connectivity index (χ2n) is 9.10. The van der Waals surface area contributed by atoms with Gasteiger partial charge in [0.2, 0.25) is 0 Å². The molecule has 43 heavy (non-hydrogen) atoms. The number of benzene rings is 3. The van der Waals surface area contributed by atoms with Gasteiger partial charge in [-0.15, -0.1) is 0 Å². The Balaban J connectivity index is 1.44. The van der Waals surface area contributed by atoms with Crippen LogP contribution >= 0.6 is 50.7 Å². The highest BCUT2D eigenvalue weighted by molar-refractivity contribution is 14.1. The minimum absolute atomic E-state index is 0.0218. The van der Waals surface area contributed by atoms with E-state index in [0.717, 1.165) is 8.04 Å². The van der Waals surface area contributed by atoms with E-state index in [-0.39, 0.29) is 25.6 Å². The van der Waals surface area contributed by atoms with Crippen molar-refractivity contribution in [2.45, 2.75) is 26.5 Å². The second-order valence-corrected chi connectivity index (χ2v) is 11.6. The quantitative estimate of drug-likeness (QED) is 0.0753. The Labute approximate surface area is 275 Å². The lowest BCUT2D eigenvalue weighted by Crippen LogP contribution is -2.45. The van der Waals surface area contributed by atoms with Crippen molar-refractivity contribution < 1.29 is 28.2 Å². The van der Waals surface area contributed by atoms with Gasteiger partial charge < -0.3 is 24.8 Å². The Morgan fingerprint density at radius 1 is 1.16 bits per heavy atom. The zero-order valence-electron chi connectivity index (χ0n) is 23.1. The van der Waals surface area contributed by atoms with Gasteiger partial charge in [-0.2, -0.15) is 5.10 Å². The van der Waals surface area contributed by atoms with Crippen LogP contribution in [0.3, 0.4) is 0 Å². The number of hydrogen-bond acceptors (Lipinski definition) is 7. The summed E-state index contributed by atoms with van der Waals surface area (Å²) in [7, 11) is 0. The molecule has 0 unspecified atom stereocenters. The fraction of sp³-hybridized carbons (Fsp3) is 0.200. The highest BCUT2D eigenvalue weighted by Crippen LogP contribution is 2.34. The average molecular weight is 781 g/mol. The molecule has 3 N–H and O–H groups in total. The number of halogens is 3. The maximum atomic E-state index is 14.1. The number of para-hydroxylation sites is 1. The molecular weight excluding hydrogens is 754 g/mol. The number of hydrazone groups is 1. The predicted octanol–water partition coefficient (Wildman–Crippen LogP) is 5.66. The Morgan fingerprint density at radius 2 is 1.91 bits per heavy atom. The zero-order valence-corrected chi connectivity index (χ0v) is 27.6. The first-order valence-corrected chi connectivity index (χ1v) is 15.3. The molecule has 1 aliphatic rings. The number of carbonyl (C=O) groups excluding carboxylic acids is 2. The fourth-order valence-electron chi connectivity index (χ4n) is 4.20. The van der Waals surface area contributed by atoms with E-state index in [1.54, 1.807) is 62.4 Å².